The van der Waals surface area contributed by atoms with Crippen LogP contribution in [0.2, 0.25) is 5.02 Å². The van der Waals surface area contributed by atoms with Crippen LogP contribution in [0.3, 0.4) is 0 Å². The van der Waals surface area contributed by atoms with Crippen LogP contribution in [0.15, 0.2) is 48.5 Å². The average Bonchev–Trinajstić information content (AvgIpc) is 3.03. The lowest BCUT2D eigenvalue weighted by molar-refractivity contribution is -0.122. The summed E-state index contributed by atoms with van der Waals surface area (Å²) >= 11 is 5.80. The summed E-state index contributed by atoms with van der Waals surface area (Å²) in [5, 5.41) is 3.15. The Morgan fingerprint density at radius 1 is 1.00 bits per heavy atom. The van der Waals surface area contributed by atoms with E-state index < -0.39 is 18.5 Å². The molecule has 166 valence electrons. The number of carbonyl (C=O) groups excluding carboxylic acids is 4. The van der Waals surface area contributed by atoms with Crippen LogP contribution in [0, 0.1) is 17.8 Å². The van der Waals surface area contributed by atoms with Crippen LogP contribution < -0.4 is 10.2 Å². The first-order valence-electron chi connectivity index (χ1n) is 10.5. The summed E-state index contributed by atoms with van der Waals surface area (Å²) in [6, 6.07) is 12.6. The van der Waals surface area contributed by atoms with Crippen molar-refractivity contribution in [2.45, 2.75) is 26.2 Å². The van der Waals surface area contributed by atoms with Crippen molar-refractivity contribution in [2.75, 3.05) is 16.8 Å². The lowest BCUT2D eigenvalue weighted by Gasteiger charge is -2.25. The number of rotatable bonds is 5. The minimum Gasteiger partial charge on any atom is -0.452 e. The number of benzene rings is 2. The zero-order valence-corrected chi connectivity index (χ0v) is 18.3. The van der Waals surface area contributed by atoms with Crippen LogP contribution in [0.4, 0.5) is 11.4 Å². The van der Waals surface area contributed by atoms with Crippen LogP contribution in [0.25, 0.3) is 0 Å². The van der Waals surface area contributed by atoms with E-state index >= 15 is 0 Å². The molecule has 1 N–H and O–H groups in total. The minimum absolute atomic E-state index is 0.166. The average molecular weight is 455 g/mol. The molecule has 0 unspecified atom stereocenters. The third kappa shape index (κ3) is 4.53. The van der Waals surface area contributed by atoms with Gasteiger partial charge in [0.05, 0.1) is 23.1 Å². The Balaban J connectivity index is 1.35. The van der Waals surface area contributed by atoms with Gasteiger partial charge >= 0.3 is 5.97 Å². The Kier molecular flexibility index (Phi) is 6.28. The van der Waals surface area contributed by atoms with Gasteiger partial charge in [0.25, 0.3) is 5.91 Å². The lowest BCUT2D eigenvalue weighted by atomic mass is 9.76. The third-order valence-electron chi connectivity index (χ3n) is 6.01. The maximum atomic E-state index is 12.8. The number of nitrogens with zero attached hydrogens (tertiary/aromatic N) is 1. The van der Waals surface area contributed by atoms with Gasteiger partial charge in [0.2, 0.25) is 11.8 Å². The molecule has 0 spiro atoms. The van der Waals surface area contributed by atoms with Crippen LogP contribution in [0.1, 0.15) is 36.5 Å². The Morgan fingerprint density at radius 3 is 2.34 bits per heavy atom. The summed E-state index contributed by atoms with van der Waals surface area (Å²) in [5.74, 6) is -1.56. The highest BCUT2D eigenvalue weighted by atomic mass is 35.5. The topological polar surface area (TPSA) is 92.8 Å². The summed E-state index contributed by atoms with van der Waals surface area (Å²) in [6.07, 6.45) is 2.41. The van der Waals surface area contributed by atoms with E-state index in [0.29, 0.717) is 22.3 Å². The fourth-order valence-corrected chi connectivity index (χ4v) is 4.46. The first-order chi connectivity index (χ1) is 15.3. The smallest absolute Gasteiger partial charge is 0.338 e. The SMILES string of the molecule is C[C@@H]1CC[C@@H]2C(=O)N(c3ccc(C(=O)OCC(=O)Nc4ccc(Cl)cc4)cc3)C(=O)[C@@H]2C1. The van der Waals surface area contributed by atoms with Crippen LogP contribution >= 0.6 is 11.6 Å². The molecular weight excluding hydrogens is 432 g/mol. The maximum Gasteiger partial charge on any atom is 0.338 e. The molecule has 7 nitrogen and oxygen atoms in total. The number of amides is 3. The fourth-order valence-electron chi connectivity index (χ4n) is 4.34. The standard InChI is InChI=1S/C24H23ClN2O5/c1-14-2-11-19-20(12-14)23(30)27(22(19)29)18-9-3-15(4-10-18)24(31)32-13-21(28)26-17-7-5-16(25)6-8-17/h3-10,14,19-20H,2,11-13H2,1H3,(H,26,28)/t14-,19+,20-/m1/s1. The van der Waals surface area contributed by atoms with Crippen molar-refractivity contribution in [3.63, 3.8) is 0 Å². The molecule has 2 aliphatic rings. The predicted octanol–water partition coefficient (Wildman–Crippen LogP) is 4.06. The molecule has 1 aliphatic carbocycles. The highest BCUT2D eigenvalue weighted by Gasteiger charge is 2.49. The van der Waals surface area contributed by atoms with E-state index in [-0.39, 0.29) is 29.2 Å². The number of hydrogen-bond acceptors (Lipinski definition) is 5. The Bertz CT molecular complexity index is 1050. The molecule has 32 heavy (non-hydrogen) atoms. The monoisotopic (exact) mass is 454 g/mol. The number of anilines is 2. The lowest BCUT2D eigenvalue weighted by Crippen LogP contribution is -2.30. The van der Waals surface area contributed by atoms with Crippen molar-refractivity contribution in [1.29, 1.82) is 0 Å². The van der Waals surface area contributed by atoms with Crippen LogP contribution in [0.5, 0.6) is 0 Å². The van der Waals surface area contributed by atoms with Gasteiger partial charge in [0, 0.05) is 10.7 Å². The first-order valence-corrected chi connectivity index (χ1v) is 10.9. The minimum atomic E-state index is -0.677. The molecule has 2 fully saturated rings. The quantitative estimate of drug-likeness (QED) is 0.543. The molecule has 1 saturated heterocycles. The van der Waals surface area contributed by atoms with E-state index in [0.717, 1.165) is 19.3 Å². The molecule has 4 rings (SSSR count). The van der Waals surface area contributed by atoms with Gasteiger partial charge in [0.15, 0.2) is 6.61 Å². The summed E-state index contributed by atoms with van der Waals surface area (Å²) in [5.41, 5.74) is 1.20. The molecule has 2 aromatic carbocycles. The van der Waals surface area contributed by atoms with Crippen molar-refractivity contribution >= 4 is 46.7 Å². The molecule has 2 aromatic rings. The molecule has 8 heteroatoms. The van der Waals surface area contributed by atoms with Crippen molar-refractivity contribution in [3.05, 3.63) is 59.1 Å². The molecule has 3 atom stereocenters. The maximum absolute atomic E-state index is 12.8. The van der Waals surface area contributed by atoms with E-state index in [1.165, 1.54) is 17.0 Å². The molecular formula is C24H23ClN2O5. The van der Waals surface area contributed by atoms with Gasteiger partial charge in [-0.15, -0.1) is 0 Å². The van der Waals surface area contributed by atoms with E-state index in [9.17, 15) is 19.2 Å². The number of halogens is 1. The fraction of sp³-hybridized carbons (Fsp3) is 0.333. The second-order valence-corrected chi connectivity index (χ2v) is 8.76. The molecule has 1 heterocycles. The second-order valence-electron chi connectivity index (χ2n) is 8.32. The number of imide groups is 1. The predicted molar refractivity (Wildman–Crippen MR) is 119 cm³/mol. The number of hydrogen-bond donors (Lipinski definition) is 1. The summed E-state index contributed by atoms with van der Waals surface area (Å²) < 4.78 is 5.06. The second kappa shape index (κ2) is 9.12. The van der Waals surface area contributed by atoms with Gasteiger partial charge in [-0.05, 0) is 73.7 Å². The number of esters is 1. The Hall–Kier alpha value is -3.19. The molecule has 1 aliphatic heterocycles. The van der Waals surface area contributed by atoms with E-state index in [1.807, 2.05) is 0 Å². The molecule has 1 saturated carbocycles. The largest absolute Gasteiger partial charge is 0.452 e. The normalized spacial score (nSPS) is 22.4. The Morgan fingerprint density at radius 2 is 1.66 bits per heavy atom. The molecule has 0 bridgehead atoms. The summed E-state index contributed by atoms with van der Waals surface area (Å²) in [4.78, 5) is 51.1. The van der Waals surface area contributed by atoms with Gasteiger partial charge in [-0.3, -0.25) is 19.3 Å². The zero-order chi connectivity index (χ0) is 22.8. The van der Waals surface area contributed by atoms with E-state index in [4.69, 9.17) is 16.3 Å². The summed E-state index contributed by atoms with van der Waals surface area (Å²) in [7, 11) is 0. The van der Waals surface area contributed by atoms with Gasteiger partial charge < -0.3 is 10.1 Å². The number of nitrogens with one attached hydrogen (secondary N) is 1. The van der Waals surface area contributed by atoms with Crippen molar-refractivity contribution < 1.29 is 23.9 Å². The van der Waals surface area contributed by atoms with Gasteiger partial charge in [0.1, 0.15) is 0 Å². The highest BCUT2D eigenvalue weighted by molar-refractivity contribution is 6.30. The first kappa shape index (κ1) is 22.0. The van der Waals surface area contributed by atoms with Gasteiger partial charge in [-0.1, -0.05) is 18.5 Å². The van der Waals surface area contributed by atoms with Crippen LogP contribution in [-0.4, -0.2) is 30.3 Å². The zero-order valence-electron chi connectivity index (χ0n) is 17.5. The van der Waals surface area contributed by atoms with Crippen molar-refractivity contribution in [1.82, 2.24) is 0 Å². The molecule has 0 radical (unpaired) electrons. The number of fused-ring (bicyclic) bond motifs is 1. The van der Waals surface area contributed by atoms with Crippen LogP contribution in [-0.2, 0) is 19.1 Å². The molecule has 3 amide bonds. The van der Waals surface area contributed by atoms with Crippen molar-refractivity contribution in [3.8, 4) is 0 Å². The van der Waals surface area contributed by atoms with Gasteiger partial charge in [-0.2, -0.15) is 0 Å². The van der Waals surface area contributed by atoms with Crippen molar-refractivity contribution in [2.24, 2.45) is 17.8 Å². The number of ether oxygens (including phenoxy) is 1. The Labute approximate surface area is 190 Å². The summed E-state index contributed by atoms with van der Waals surface area (Å²) in [6.45, 7) is 1.65. The highest BCUT2D eigenvalue weighted by Crippen LogP contribution is 2.42. The van der Waals surface area contributed by atoms with E-state index in [1.54, 1.807) is 36.4 Å². The van der Waals surface area contributed by atoms with Gasteiger partial charge in [-0.25, -0.2) is 4.79 Å². The van der Waals surface area contributed by atoms with E-state index in [2.05, 4.69) is 12.2 Å². The molecule has 0 aromatic heterocycles. The third-order valence-corrected chi connectivity index (χ3v) is 6.26. The number of carbonyl (C=O) groups is 4.